The molecule has 0 aromatic heterocycles. The third-order valence-corrected chi connectivity index (χ3v) is 2.54. The van der Waals surface area contributed by atoms with Gasteiger partial charge in [0.1, 0.15) is 10.7 Å². The third-order valence-electron chi connectivity index (χ3n) is 1.62. The van der Waals surface area contributed by atoms with E-state index in [4.69, 9.17) is 4.55 Å². The first-order valence-corrected chi connectivity index (χ1v) is 4.90. The van der Waals surface area contributed by atoms with Crippen molar-refractivity contribution in [3.05, 3.63) is 22.9 Å². The molecule has 0 aliphatic heterocycles. The predicted octanol–water partition coefficient (Wildman–Crippen LogP) is 1.65. The van der Waals surface area contributed by atoms with Crippen molar-refractivity contribution in [2.45, 2.75) is 13.3 Å². The minimum atomic E-state index is -4.38. The Bertz CT molecular complexity index is 340. The summed E-state index contributed by atoms with van der Waals surface area (Å²) in [4.78, 5) is -0.611. The van der Waals surface area contributed by atoms with Gasteiger partial charge < -0.3 is 0 Å². The van der Waals surface area contributed by atoms with Crippen LogP contribution < -0.4 is 0 Å². The van der Waals surface area contributed by atoms with Gasteiger partial charge in [-0.2, -0.15) is 8.42 Å². The molecule has 3 nitrogen and oxygen atoms in total. The summed E-state index contributed by atoms with van der Waals surface area (Å²) in [5.74, 6) is -0.883. The van der Waals surface area contributed by atoms with Crippen LogP contribution in [0.3, 0.4) is 0 Å². The molecule has 1 unspecified atom stereocenters. The normalized spacial score (nSPS) is 24.8. The zero-order valence-corrected chi connectivity index (χ0v) is 7.31. The van der Waals surface area contributed by atoms with E-state index in [-0.39, 0.29) is 5.92 Å². The van der Waals surface area contributed by atoms with E-state index in [9.17, 15) is 12.8 Å². The molecule has 0 heterocycles. The Balaban J connectivity index is 3.05. The largest absolute Gasteiger partial charge is 0.297 e. The van der Waals surface area contributed by atoms with Crippen molar-refractivity contribution in [1.82, 2.24) is 0 Å². The highest BCUT2D eigenvalue weighted by Crippen LogP contribution is 2.26. The van der Waals surface area contributed by atoms with Crippen LogP contribution in [0.4, 0.5) is 4.39 Å². The van der Waals surface area contributed by atoms with Gasteiger partial charge in [-0.1, -0.05) is 13.0 Å². The zero-order chi connectivity index (χ0) is 9.35. The van der Waals surface area contributed by atoms with Gasteiger partial charge in [-0.25, -0.2) is 4.39 Å². The first kappa shape index (κ1) is 9.41. The Morgan fingerprint density at radius 1 is 1.67 bits per heavy atom. The second-order valence-corrected chi connectivity index (χ2v) is 4.16. The highest BCUT2D eigenvalue weighted by atomic mass is 32.2. The van der Waals surface area contributed by atoms with E-state index in [1.165, 1.54) is 12.2 Å². The minimum absolute atomic E-state index is 0.0181. The summed E-state index contributed by atoms with van der Waals surface area (Å²) >= 11 is 0. The maximum atomic E-state index is 12.8. The van der Waals surface area contributed by atoms with Crippen LogP contribution >= 0.6 is 0 Å². The van der Waals surface area contributed by atoms with Crippen molar-refractivity contribution in [2.75, 3.05) is 0 Å². The summed E-state index contributed by atoms with van der Waals surface area (Å²) in [5.41, 5.74) is 0. The van der Waals surface area contributed by atoms with Crippen LogP contribution in [0.25, 0.3) is 0 Å². The average molecular weight is 192 g/mol. The van der Waals surface area contributed by atoms with Crippen molar-refractivity contribution >= 4 is 10.1 Å². The highest BCUT2D eigenvalue weighted by molar-refractivity contribution is 7.90. The van der Waals surface area contributed by atoms with Gasteiger partial charge in [-0.05, 0) is 18.4 Å². The van der Waals surface area contributed by atoms with E-state index in [1.807, 2.05) is 0 Å². The van der Waals surface area contributed by atoms with Gasteiger partial charge in [0.2, 0.25) is 0 Å². The van der Waals surface area contributed by atoms with E-state index in [0.717, 1.165) is 0 Å². The molecule has 1 atom stereocenters. The summed E-state index contributed by atoms with van der Waals surface area (Å²) in [6, 6.07) is 0. The number of hydrogen-bond acceptors (Lipinski definition) is 2. The summed E-state index contributed by atoms with van der Waals surface area (Å²) in [6.07, 6.45) is 2.81. The third kappa shape index (κ3) is 1.92. The van der Waals surface area contributed by atoms with Crippen LogP contribution in [0.1, 0.15) is 13.3 Å². The maximum Gasteiger partial charge on any atom is 0.297 e. The molecule has 0 radical (unpaired) electrons. The smallest absolute Gasteiger partial charge is 0.282 e. The van der Waals surface area contributed by atoms with E-state index >= 15 is 0 Å². The zero-order valence-electron chi connectivity index (χ0n) is 6.49. The topological polar surface area (TPSA) is 54.4 Å². The van der Waals surface area contributed by atoms with E-state index in [0.29, 0.717) is 6.42 Å². The first-order valence-electron chi connectivity index (χ1n) is 3.46. The average Bonchev–Trinajstić information content (AvgIpc) is 1.83. The molecular formula is C7H9FO3S. The molecule has 5 heteroatoms. The van der Waals surface area contributed by atoms with Crippen molar-refractivity contribution < 1.29 is 17.4 Å². The van der Waals surface area contributed by atoms with Crippen LogP contribution in [0, 0.1) is 5.92 Å². The summed E-state index contributed by atoms with van der Waals surface area (Å²) in [7, 11) is -4.38. The molecule has 68 valence electrons. The molecule has 1 rings (SSSR count). The van der Waals surface area contributed by atoms with Gasteiger partial charge in [0.25, 0.3) is 10.1 Å². The highest BCUT2D eigenvalue weighted by Gasteiger charge is 2.22. The molecule has 0 aromatic carbocycles. The molecule has 12 heavy (non-hydrogen) atoms. The fraction of sp³-hybridized carbons (Fsp3) is 0.429. The molecular weight excluding hydrogens is 183 g/mol. The van der Waals surface area contributed by atoms with Gasteiger partial charge in [0.15, 0.2) is 0 Å². The monoisotopic (exact) mass is 192 g/mol. The van der Waals surface area contributed by atoms with Gasteiger partial charge in [0.05, 0.1) is 0 Å². The lowest BCUT2D eigenvalue weighted by atomic mass is 10.0. The summed E-state index contributed by atoms with van der Waals surface area (Å²) in [5, 5.41) is 0. The van der Waals surface area contributed by atoms with Crippen molar-refractivity contribution in [3.63, 3.8) is 0 Å². The van der Waals surface area contributed by atoms with E-state index < -0.39 is 20.9 Å². The molecule has 0 aromatic rings. The van der Waals surface area contributed by atoms with E-state index in [1.54, 1.807) is 6.92 Å². The fourth-order valence-corrected chi connectivity index (χ4v) is 1.64. The predicted molar refractivity (Wildman–Crippen MR) is 42.6 cm³/mol. The summed E-state index contributed by atoms with van der Waals surface area (Å²) < 4.78 is 42.4. The standard InChI is InChI=1S/C7H9FO3S/c1-5-2-3-7(6(8)4-5)12(9,10)11/h3-5H,2H2,1H3,(H,9,10,11). The Morgan fingerprint density at radius 2 is 2.25 bits per heavy atom. The molecule has 1 aliphatic rings. The molecule has 0 fully saturated rings. The van der Waals surface area contributed by atoms with Gasteiger partial charge in [-0.3, -0.25) is 4.55 Å². The minimum Gasteiger partial charge on any atom is -0.282 e. The Labute approximate surface area is 70.3 Å². The second kappa shape index (κ2) is 2.99. The summed E-state index contributed by atoms with van der Waals surface area (Å²) in [6.45, 7) is 1.76. The fourth-order valence-electron chi connectivity index (χ4n) is 1.02. The van der Waals surface area contributed by atoms with Gasteiger partial charge >= 0.3 is 0 Å². The van der Waals surface area contributed by atoms with Crippen LogP contribution in [-0.4, -0.2) is 13.0 Å². The Morgan fingerprint density at radius 3 is 2.67 bits per heavy atom. The van der Waals surface area contributed by atoms with Gasteiger partial charge in [-0.15, -0.1) is 0 Å². The van der Waals surface area contributed by atoms with Crippen molar-refractivity contribution in [1.29, 1.82) is 0 Å². The molecule has 0 amide bonds. The van der Waals surface area contributed by atoms with Crippen LogP contribution in [0.15, 0.2) is 22.9 Å². The Kier molecular flexibility index (Phi) is 2.34. The molecule has 1 aliphatic carbocycles. The number of halogens is 1. The molecule has 0 saturated carbocycles. The molecule has 0 saturated heterocycles. The first-order chi connectivity index (χ1) is 5.41. The number of rotatable bonds is 1. The van der Waals surface area contributed by atoms with Crippen molar-refractivity contribution in [2.24, 2.45) is 5.92 Å². The molecule has 0 bridgehead atoms. The van der Waals surface area contributed by atoms with E-state index in [2.05, 4.69) is 0 Å². The lowest BCUT2D eigenvalue weighted by Crippen LogP contribution is -2.07. The molecule has 0 spiro atoms. The molecule has 1 N–H and O–H groups in total. The SMILES string of the molecule is CC1C=C(F)C(S(=O)(=O)O)=CC1. The van der Waals surface area contributed by atoms with Crippen LogP contribution in [0.2, 0.25) is 0 Å². The van der Waals surface area contributed by atoms with Crippen molar-refractivity contribution in [3.8, 4) is 0 Å². The number of allylic oxidation sites excluding steroid dienone is 3. The number of hydrogen-bond donors (Lipinski definition) is 1. The Hall–Kier alpha value is -0.680. The van der Waals surface area contributed by atoms with Crippen LogP contribution in [0.5, 0.6) is 0 Å². The van der Waals surface area contributed by atoms with Crippen LogP contribution in [-0.2, 0) is 10.1 Å². The quantitative estimate of drug-likeness (QED) is 0.643. The lowest BCUT2D eigenvalue weighted by molar-refractivity contribution is 0.486. The maximum absolute atomic E-state index is 12.8. The van der Waals surface area contributed by atoms with Gasteiger partial charge in [0, 0.05) is 0 Å². The second-order valence-electron chi connectivity index (χ2n) is 2.77. The lowest BCUT2D eigenvalue weighted by Gasteiger charge is -2.11.